The van der Waals surface area contributed by atoms with E-state index in [4.69, 9.17) is 0 Å². The Morgan fingerprint density at radius 2 is 2.05 bits per heavy atom. The summed E-state index contributed by atoms with van der Waals surface area (Å²) in [6, 6.07) is 4.52. The Balaban J connectivity index is 2.36. The Hall–Kier alpha value is -2.83. The first-order valence-corrected chi connectivity index (χ1v) is 5.96. The van der Waals surface area contributed by atoms with E-state index in [0.717, 1.165) is 6.08 Å². The number of esters is 2. The summed E-state index contributed by atoms with van der Waals surface area (Å²) >= 11 is 0. The van der Waals surface area contributed by atoms with E-state index < -0.39 is 17.8 Å². The number of aromatic nitrogens is 1. The monoisotopic (exact) mass is 292 g/mol. The van der Waals surface area contributed by atoms with Crippen LogP contribution in [0.15, 0.2) is 36.2 Å². The summed E-state index contributed by atoms with van der Waals surface area (Å²) in [6.07, 6.45) is 2.54. The highest BCUT2D eigenvalue weighted by Crippen LogP contribution is 2.22. The summed E-state index contributed by atoms with van der Waals surface area (Å²) in [6.45, 7) is 0. The number of hydrogen-bond donors (Lipinski definition) is 2. The number of hydrogen-bond acceptors (Lipinski definition) is 5. The predicted octanol–water partition coefficient (Wildman–Crippen LogP) is 1.95. The molecule has 1 aromatic carbocycles. The van der Waals surface area contributed by atoms with Crippen molar-refractivity contribution in [1.29, 1.82) is 0 Å². The van der Waals surface area contributed by atoms with Crippen LogP contribution in [0.2, 0.25) is 0 Å². The van der Waals surface area contributed by atoms with Gasteiger partial charge in [-0.1, -0.05) is 0 Å². The van der Waals surface area contributed by atoms with Gasteiger partial charge in [0.1, 0.15) is 11.5 Å². The summed E-state index contributed by atoms with van der Waals surface area (Å²) in [4.78, 5) is 25.6. The van der Waals surface area contributed by atoms with Gasteiger partial charge in [-0.3, -0.25) is 0 Å². The van der Waals surface area contributed by atoms with Crippen LogP contribution in [-0.4, -0.2) is 31.1 Å². The van der Waals surface area contributed by atoms with E-state index in [0.29, 0.717) is 16.6 Å². The maximum Gasteiger partial charge on any atom is 0.354 e. The zero-order chi connectivity index (χ0) is 15.4. The van der Waals surface area contributed by atoms with Gasteiger partial charge in [0.2, 0.25) is 0 Å². The number of benzene rings is 1. The number of aromatic amines is 1. The maximum atomic E-state index is 13.8. The van der Waals surface area contributed by atoms with E-state index in [1.54, 1.807) is 18.3 Å². The van der Waals surface area contributed by atoms with Gasteiger partial charge in [0, 0.05) is 17.3 Å². The Bertz CT molecular complexity index is 721. The molecule has 0 fully saturated rings. The van der Waals surface area contributed by atoms with Gasteiger partial charge in [0.15, 0.2) is 0 Å². The van der Waals surface area contributed by atoms with Crippen LogP contribution in [0, 0.1) is 5.82 Å². The molecule has 0 saturated heterocycles. The van der Waals surface area contributed by atoms with E-state index in [2.05, 4.69) is 19.8 Å². The smallest absolute Gasteiger partial charge is 0.354 e. The molecule has 2 N–H and O–H groups in total. The number of fused-ring (bicyclic) bond motifs is 1. The van der Waals surface area contributed by atoms with E-state index in [-0.39, 0.29) is 5.70 Å². The number of H-pyrrole nitrogens is 1. The second-order valence-corrected chi connectivity index (χ2v) is 4.10. The van der Waals surface area contributed by atoms with Gasteiger partial charge in [-0.25, -0.2) is 14.0 Å². The Kier molecular flexibility index (Phi) is 4.22. The van der Waals surface area contributed by atoms with Gasteiger partial charge in [0.05, 0.1) is 25.8 Å². The van der Waals surface area contributed by atoms with Crippen molar-refractivity contribution >= 4 is 28.5 Å². The third-order valence-corrected chi connectivity index (χ3v) is 2.76. The molecule has 1 heterocycles. The van der Waals surface area contributed by atoms with Crippen molar-refractivity contribution in [1.82, 2.24) is 4.98 Å². The minimum Gasteiger partial charge on any atom is -0.466 e. The van der Waals surface area contributed by atoms with Crippen LogP contribution in [0.1, 0.15) is 0 Å². The van der Waals surface area contributed by atoms with Crippen LogP contribution in [0.3, 0.4) is 0 Å². The average molecular weight is 292 g/mol. The van der Waals surface area contributed by atoms with Crippen molar-refractivity contribution in [3.63, 3.8) is 0 Å². The first kappa shape index (κ1) is 14.6. The molecular formula is C14H13FN2O4. The fourth-order valence-electron chi connectivity index (χ4n) is 1.79. The third kappa shape index (κ3) is 3.19. The molecule has 0 radical (unpaired) electrons. The molecular weight excluding hydrogens is 279 g/mol. The van der Waals surface area contributed by atoms with Crippen molar-refractivity contribution < 1.29 is 23.5 Å². The number of nitrogens with one attached hydrogen (secondary N) is 2. The second kappa shape index (κ2) is 6.08. The quantitative estimate of drug-likeness (QED) is 0.665. The topological polar surface area (TPSA) is 80.4 Å². The molecule has 110 valence electrons. The molecule has 7 heteroatoms. The van der Waals surface area contributed by atoms with Crippen LogP contribution in [-0.2, 0) is 19.1 Å². The molecule has 0 aliphatic carbocycles. The van der Waals surface area contributed by atoms with Crippen molar-refractivity contribution in [2.45, 2.75) is 0 Å². The number of carbonyl (C=O) groups excluding carboxylic acids is 2. The highest BCUT2D eigenvalue weighted by molar-refractivity contribution is 5.99. The van der Waals surface area contributed by atoms with Gasteiger partial charge in [-0.05, 0) is 18.2 Å². The molecule has 0 aliphatic heterocycles. The standard InChI is InChI=1S/C14H13FN2O4/c1-20-12(18)7-11(14(19)21-2)17-9-5-8-3-4-16-13(8)10(15)6-9/h3-7,16-17H,1-2H3/b11-7+. The number of halogens is 1. The molecule has 0 unspecified atom stereocenters. The molecule has 0 atom stereocenters. The molecule has 0 bridgehead atoms. The molecule has 2 aromatic rings. The van der Waals surface area contributed by atoms with Crippen molar-refractivity contribution in [3.8, 4) is 0 Å². The Morgan fingerprint density at radius 1 is 1.29 bits per heavy atom. The highest BCUT2D eigenvalue weighted by atomic mass is 19.1. The van der Waals surface area contributed by atoms with Crippen LogP contribution in [0.5, 0.6) is 0 Å². The van der Waals surface area contributed by atoms with Crippen molar-refractivity contribution in [2.24, 2.45) is 0 Å². The zero-order valence-electron chi connectivity index (χ0n) is 11.4. The molecule has 0 saturated carbocycles. The van der Waals surface area contributed by atoms with Gasteiger partial charge >= 0.3 is 11.9 Å². The van der Waals surface area contributed by atoms with Crippen LogP contribution in [0.25, 0.3) is 10.9 Å². The lowest BCUT2D eigenvalue weighted by Crippen LogP contribution is -2.15. The summed E-state index contributed by atoms with van der Waals surface area (Å²) in [7, 11) is 2.35. The largest absolute Gasteiger partial charge is 0.466 e. The minimum absolute atomic E-state index is 0.154. The summed E-state index contributed by atoms with van der Waals surface area (Å²) in [5, 5.41) is 3.27. The molecule has 0 amide bonds. The second-order valence-electron chi connectivity index (χ2n) is 4.10. The maximum absolute atomic E-state index is 13.8. The fraction of sp³-hybridized carbons (Fsp3) is 0.143. The van der Waals surface area contributed by atoms with E-state index in [1.807, 2.05) is 0 Å². The lowest BCUT2D eigenvalue weighted by molar-refractivity contribution is -0.138. The fourth-order valence-corrected chi connectivity index (χ4v) is 1.79. The van der Waals surface area contributed by atoms with Crippen LogP contribution in [0.4, 0.5) is 10.1 Å². The number of carbonyl (C=O) groups is 2. The lowest BCUT2D eigenvalue weighted by atomic mass is 10.2. The van der Waals surface area contributed by atoms with Crippen LogP contribution >= 0.6 is 0 Å². The number of rotatable bonds is 4. The number of ether oxygens (including phenoxy) is 2. The molecule has 0 aliphatic rings. The van der Waals surface area contributed by atoms with Gasteiger partial charge < -0.3 is 19.8 Å². The van der Waals surface area contributed by atoms with Gasteiger partial charge in [-0.2, -0.15) is 0 Å². The molecule has 6 nitrogen and oxygen atoms in total. The molecule has 21 heavy (non-hydrogen) atoms. The van der Waals surface area contributed by atoms with Crippen molar-refractivity contribution in [2.75, 3.05) is 19.5 Å². The van der Waals surface area contributed by atoms with Crippen LogP contribution < -0.4 is 5.32 Å². The van der Waals surface area contributed by atoms with E-state index in [9.17, 15) is 14.0 Å². The van der Waals surface area contributed by atoms with Gasteiger partial charge in [-0.15, -0.1) is 0 Å². The normalized spacial score (nSPS) is 11.3. The Labute approximate surface area is 119 Å². The molecule has 2 rings (SSSR count). The third-order valence-electron chi connectivity index (χ3n) is 2.76. The average Bonchev–Trinajstić information content (AvgIpc) is 2.94. The lowest BCUT2D eigenvalue weighted by Gasteiger charge is -2.09. The number of methoxy groups -OCH3 is 2. The first-order chi connectivity index (χ1) is 10.0. The molecule has 1 aromatic heterocycles. The first-order valence-electron chi connectivity index (χ1n) is 5.96. The zero-order valence-corrected chi connectivity index (χ0v) is 11.4. The predicted molar refractivity (Wildman–Crippen MR) is 74.0 cm³/mol. The summed E-state index contributed by atoms with van der Waals surface area (Å²) in [5.74, 6) is -1.98. The molecule has 0 spiro atoms. The minimum atomic E-state index is -0.769. The van der Waals surface area contributed by atoms with Gasteiger partial charge in [0.25, 0.3) is 0 Å². The Morgan fingerprint density at radius 3 is 2.71 bits per heavy atom. The summed E-state index contributed by atoms with van der Waals surface area (Å²) < 4.78 is 22.9. The summed E-state index contributed by atoms with van der Waals surface area (Å²) in [5.41, 5.74) is 0.510. The number of anilines is 1. The highest BCUT2D eigenvalue weighted by Gasteiger charge is 2.14. The van der Waals surface area contributed by atoms with E-state index in [1.165, 1.54) is 20.3 Å². The SMILES string of the molecule is COC(=O)/C=C(/Nc1cc(F)c2[nH]ccc2c1)C(=O)OC. The van der Waals surface area contributed by atoms with E-state index >= 15 is 0 Å². The van der Waals surface area contributed by atoms with Crippen molar-refractivity contribution in [3.05, 3.63) is 42.0 Å².